The molecule has 1 aliphatic carbocycles. The molecule has 112 valence electrons. The fourth-order valence-corrected chi connectivity index (χ4v) is 3.12. The number of hydrogen-bond acceptors (Lipinski definition) is 4. The van der Waals surface area contributed by atoms with Crippen molar-refractivity contribution in [1.82, 2.24) is 9.97 Å². The minimum Gasteiger partial charge on any atom is -0.458 e. The molecule has 0 atom stereocenters. The van der Waals surface area contributed by atoms with Crippen LogP contribution in [0.25, 0.3) is 11.6 Å². The molecule has 2 heterocycles. The summed E-state index contributed by atoms with van der Waals surface area (Å²) in [5.41, 5.74) is 1.17. The molecule has 1 aliphatic rings. The van der Waals surface area contributed by atoms with Crippen molar-refractivity contribution in [2.45, 2.75) is 45.4 Å². The van der Waals surface area contributed by atoms with Gasteiger partial charge in [-0.3, -0.25) is 0 Å². The Labute approximate surface area is 138 Å². The van der Waals surface area contributed by atoms with Gasteiger partial charge in [-0.05, 0) is 54.0 Å². The molecule has 3 rings (SSSR count). The standard InChI is InChI=1S/C16H20IN3O/c1-3-9-18-16-13(17)14(10-5-6-10)19-15(20-16)12-8-7-11(4-2)21-12/h7-8,10H,3-6,9H2,1-2H3,(H,18,19,20). The smallest absolute Gasteiger partial charge is 0.197 e. The summed E-state index contributed by atoms with van der Waals surface area (Å²) in [5.74, 6) is 3.99. The third-order valence-electron chi connectivity index (χ3n) is 3.61. The molecule has 2 aromatic heterocycles. The van der Waals surface area contributed by atoms with Gasteiger partial charge >= 0.3 is 0 Å². The maximum Gasteiger partial charge on any atom is 0.197 e. The molecule has 2 aromatic rings. The molecule has 0 amide bonds. The van der Waals surface area contributed by atoms with Gasteiger partial charge in [-0.2, -0.15) is 0 Å². The van der Waals surface area contributed by atoms with Gasteiger partial charge in [-0.25, -0.2) is 9.97 Å². The molecule has 1 N–H and O–H groups in total. The van der Waals surface area contributed by atoms with Crippen LogP contribution in [0.3, 0.4) is 0 Å². The number of hydrogen-bond donors (Lipinski definition) is 1. The van der Waals surface area contributed by atoms with Crippen LogP contribution in [0.1, 0.15) is 50.5 Å². The highest BCUT2D eigenvalue weighted by atomic mass is 127. The summed E-state index contributed by atoms with van der Waals surface area (Å²) in [4.78, 5) is 9.44. The molecule has 1 fully saturated rings. The number of furan rings is 1. The van der Waals surface area contributed by atoms with Crippen LogP contribution in [0.5, 0.6) is 0 Å². The molecule has 0 bridgehead atoms. The van der Waals surface area contributed by atoms with E-state index in [1.807, 2.05) is 12.1 Å². The van der Waals surface area contributed by atoms with Crippen molar-refractivity contribution in [2.75, 3.05) is 11.9 Å². The first-order valence-corrected chi connectivity index (χ1v) is 8.71. The maximum absolute atomic E-state index is 5.82. The molecule has 0 aromatic carbocycles. The molecule has 0 radical (unpaired) electrons. The predicted molar refractivity (Wildman–Crippen MR) is 92.6 cm³/mol. The fourth-order valence-electron chi connectivity index (χ4n) is 2.25. The topological polar surface area (TPSA) is 51.0 Å². The molecule has 1 saturated carbocycles. The molecule has 0 aliphatic heterocycles. The summed E-state index contributed by atoms with van der Waals surface area (Å²) in [6.45, 7) is 5.17. The number of halogens is 1. The minimum absolute atomic E-state index is 0.599. The van der Waals surface area contributed by atoms with E-state index in [4.69, 9.17) is 9.40 Å². The third kappa shape index (κ3) is 3.22. The molecular formula is C16H20IN3O. The lowest BCUT2D eigenvalue weighted by atomic mass is 10.2. The first-order chi connectivity index (χ1) is 10.2. The molecule has 4 nitrogen and oxygen atoms in total. The average Bonchev–Trinajstić information content (AvgIpc) is 3.23. The van der Waals surface area contributed by atoms with Gasteiger partial charge in [0.25, 0.3) is 0 Å². The Hall–Kier alpha value is -1.11. The zero-order valence-corrected chi connectivity index (χ0v) is 14.6. The largest absolute Gasteiger partial charge is 0.458 e. The number of nitrogens with zero attached hydrogens (tertiary/aromatic N) is 2. The average molecular weight is 397 g/mol. The molecule has 0 unspecified atom stereocenters. The summed E-state index contributed by atoms with van der Waals surface area (Å²) in [7, 11) is 0. The second kappa shape index (κ2) is 6.34. The Balaban J connectivity index is 2.00. The number of aromatic nitrogens is 2. The van der Waals surface area contributed by atoms with Crippen molar-refractivity contribution >= 4 is 28.4 Å². The van der Waals surface area contributed by atoms with E-state index in [9.17, 15) is 0 Å². The number of rotatable bonds is 6. The van der Waals surface area contributed by atoms with E-state index in [-0.39, 0.29) is 0 Å². The zero-order chi connectivity index (χ0) is 14.8. The molecule has 21 heavy (non-hydrogen) atoms. The van der Waals surface area contributed by atoms with Gasteiger partial charge < -0.3 is 9.73 Å². The van der Waals surface area contributed by atoms with Crippen LogP contribution in [-0.4, -0.2) is 16.5 Å². The van der Waals surface area contributed by atoms with E-state index in [0.717, 1.165) is 40.3 Å². The monoisotopic (exact) mass is 397 g/mol. The van der Waals surface area contributed by atoms with E-state index in [0.29, 0.717) is 11.7 Å². The van der Waals surface area contributed by atoms with Gasteiger partial charge in [-0.1, -0.05) is 13.8 Å². The van der Waals surface area contributed by atoms with Crippen molar-refractivity contribution in [2.24, 2.45) is 0 Å². The van der Waals surface area contributed by atoms with Crippen LogP contribution in [0.2, 0.25) is 0 Å². The van der Waals surface area contributed by atoms with Gasteiger partial charge in [0.05, 0.1) is 9.26 Å². The second-order valence-electron chi connectivity index (χ2n) is 5.42. The van der Waals surface area contributed by atoms with Crippen molar-refractivity contribution in [1.29, 1.82) is 0 Å². The molecule has 0 spiro atoms. The summed E-state index contributed by atoms with van der Waals surface area (Å²) in [6.07, 6.45) is 4.44. The Morgan fingerprint density at radius 3 is 2.71 bits per heavy atom. The van der Waals surface area contributed by atoms with Crippen molar-refractivity contribution in [3.8, 4) is 11.6 Å². The molecule has 5 heteroatoms. The van der Waals surface area contributed by atoms with Crippen molar-refractivity contribution in [3.05, 3.63) is 27.2 Å². The maximum atomic E-state index is 5.82. The van der Waals surface area contributed by atoms with E-state index < -0.39 is 0 Å². The van der Waals surface area contributed by atoms with Crippen LogP contribution >= 0.6 is 22.6 Å². The molecule has 0 saturated heterocycles. The Bertz CT molecular complexity index is 634. The van der Waals surface area contributed by atoms with E-state index in [1.54, 1.807) is 0 Å². The predicted octanol–water partition coefficient (Wildman–Crippen LogP) is 4.60. The van der Waals surface area contributed by atoms with Crippen molar-refractivity contribution in [3.63, 3.8) is 0 Å². The van der Waals surface area contributed by atoms with Crippen LogP contribution in [0, 0.1) is 3.57 Å². The fraction of sp³-hybridized carbons (Fsp3) is 0.500. The Morgan fingerprint density at radius 1 is 1.29 bits per heavy atom. The lowest BCUT2D eigenvalue weighted by Gasteiger charge is -2.11. The van der Waals surface area contributed by atoms with Gasteiger partial charge in [0, 0.05) is 18.9 Å². The number of nitrogens with one attached hydrogen (secondary N) is 1. The van der Waals surface area contributed by atoms with Crippen LogP contribution in [-0.2, 0) is 6.42 Å². The number of anilines is 1. The van der Waals surface area contributed by atoms with Crippen LogP contribution < -0.4 is 5.32 Å². The summed E-state index contributed by atoms with van der Waals surface area (Å²) >= 11 is 2.37. The lowest BCUT2D eigenvalue weighted by molar-refractivity contribution is 0.525. The highest BCUT2D eigenvalue weighted by Crippen LogP contribution is 2.43. The van der Waals surface area contributed by atoms with Gasteiger partial charge in [-0.15, -0.1) is 0 Å². The highest BCUT2D eigenvalue weighted by Gasteiger charge is 2.30. The summed E-state index contributed by atoms with van der Waals surface area (Å²) in [5, 5.41) is 3.42. The first kappa shape index (κ1) is 14.8. The molecular weight excluding hydrogens is 377 g/mol. The zero-order valence-electron chi connectivity index (χ0n) is 12.4. The quantitative estimate of drug-likeness (QED) is 0.724. The SMILES string of the molecule is CCCNc1nc(-c2ccc(CC)o2)nc(C2CC2)c1I. The van der Waals surface area contributed by atoms with Gasteiger partial charge in [0.15, 0.2) is 11.6 Å². The minimum atomic E-state index is 0.599. The Kier molecular flexibility index (Phi) is 4.47. The third-order valence-corrected chi connectivity index (χ3v) is 4.68. The van der Waals surface area contributed by atoms with E-state index >= 15 is 0 Å². The lowest BCUT2D eigenvalue weighted by Crippen LogP contribution is -2.08. The number of aryl methyl sites for hydroxylation is 1. The Morgan fingerprint density at radius 2 is 2.10 bits per heavy atom. The van der Waals surface area contributed by atoms with Crippen molar-refractivity contribution < 1.29 is 4.42 Å². The van der Waals surface area contributed by atoms with Gasteiger partial charge in [0.1, 0.15) is 11.6 Å². The summed E-state index contributed by atoms with van der Waals surface area (Å²) in [6, 6.07) is 3.98. The summed E-state index contributed by atoms with van der Waals surface area (Å²) < 4.78 is 6.98. The van der Waals surface area contributed by atoms with Crippen LogP contribution in [0.15, 0.2) is 16.5 Å². The van der Waals surface area contributed by atoms with E-state index in [2.05, 4.69) is 46.7 Å². The van der Waals surface area contributed by atoms with Gasteiger partial charge in [0.2, 0.25) is 0 Å². The highest BCUT2D eigenvalue weighted by molar-refractivity contribution is 14.1. The normalized spacial score (nSPS) is 14.4. The first-order valence-electron chi connectivity index (χ1n) is 7.63. The second-order valence-corrected chi connectivity index (χ2v) is 6.49. The van der Waals surface area contributed by atoms with Crippen LogP contribution in [0.4, 0.5) is 5.82 Å². The van der Waals surface area contributed by atoms with E-state index in [1.165, 1.54) is 18.5 Å².